The van der Waals surface area contributed by atoms with Crippen LogP contribution in [0.25, 0.3) is 0 Å². The van der Waals surface area contributed by atoms with Crippen molar-refractivity contribution in [2.45, 2.75) is 46.3 Å². The Labute approximate surface area is 138 Å². The predicted molar refractivity (Wildman–Crippen MR) is 93.3 cm³/mol. The summed E-state index contributed by atoms with van der Waals surface area (Å²) in [5, 5.41) is 10.8. The monoisotopic (exact) mass is 314 g/mol. The minimum absolute atomic E-state index is 0.0179. The van der Waals surface area contributed by atoms with Crippen molar-refractivity contribution in [3.8, 4) is 0 Å². The lowest BCUT2D eigenvalue weighted by molar-refractivity contribution is 0.501. The lowest BCUT2D eigenvalue weighted by atomic mass is 10.1. The van der Waals surface area contributed by atoms with Gasteiger partial charge in [-0.05, 0) is 38.8 Å². The summed E-state index contributed by atoms with van der Waals surface area (Å²) in [4.78, 5) is 8.64. The maximum Gasteiger partial charge on any atom is 0.191 e. The lowest BCUT2D eigenvalue weighted by Crippen LogP contribution is -2.47. The molecule has 1 aromatic carbocycles. The van der Waals surface area contributed by atoms with Gasteiger partial charge in [0.05, 0.1) is 13.1 Å². The zero-order valence-electron chi connectivity index (χ0n) is 14.4. The summed E-state index contributed by atoms with van der Waals surface area (Å²) in [5.41, 5.74) is 2.35. The van der Waals surface area contributed by atoms with Crippen LogP contribution in [0.4, 0.5) is 0 Å². The maximum absolute atomic E-state index is 4.67. The van der Waals surface area contributed by atoms with Crippen molar-refractivity contribution in [3.63, 3.8) is 0 Å². The Morgan fingerprint density at radius 1 is 1.26 bits per heavy atom. The fourth-order valence-electron chi connectivity index (χ4n) is 2.16. The molecular formula is C17H26N6. The first kappa shape index (κ1) is 17.0. The largest absolute Gasteiger partial charge is 0.357 e. The molecule has 1 heterocycles. The molecule has 0 fully saturated rings. The zero-order valence-corrected chi connectivity index (χ0v) is 14.4. The van der Waals surface area contributed by atoms with Crippen LogP contribution in [0.2, 0.25) is 0 Å². The smallest absolute Gasteiger partial charge is 0.191 e. The molecule has 6 nitrogen and oxygen atoms in total. The van der Waals surface area contributed by atoms with E-state index in [-0.39, 0.29) is 5.54 Å². The lowest BCUT2D eigenvalue weighted by Gasteiger charge is -2.23. The van der Waals surface area contributed by atoms with E-state index in [0.717, 1.165) is 19.0 Å². The number of aromatic nitrogens is 3. The van der Waals surface area contributed by atoms with Gasteiger partial charge in [-0.2, -0.15) is 5.10 Å². The molecule has 0 aliphatic heterocycles. The highest BCUT2D eigenvalue weighted by Gasteiger charge is 2.11. The molecule has 6 heteroatoms. The molecule has 124 valence electrons. The number of hydrogen-bond acceptors (Lipinski definition) is 3. The van der Waals surface area contributed by atoms with E-state index >= 15 is 0 Å². The first-order chi connectivity index (χ1) is 11.0. The van der Waals surface area contributed by atoms with Crippen LogP contribution in [-0.4, -0.2) is 32.8 Å². The minimum Gasteiger partial charge on any atom is -0.357 e. The van der Waals surface area contributed by atoms with Crippen LogP contribution >= 0.6 is 0 Å². The molecule has 2 rings (SSSR count). The normalized spacial score (nSPS) is 12.3. The van der Waals surface area contributed by atoms with Crippen LogP contribution in [0.5, 0.6) is 0 Å². The van der Waals surface area contributed by atoms with Crippen LogP contribution in [0.15, 0.2) is 41.9 Å². The molecule has 0 unspecified atom stereocenters. The first-order valence-electron chi connectivity index (χ1n) is 7.93. The molecular weight excluding hydrogens is 288 g/mol. The van der Waals surface area contributed by atoms with E-state index in [4.69, 9.17) is 0 Å². The Morgan fingerprint density at radius 3 is 2.70 bits per heavy atom. The molecule has 0 atom stereocenters. The summed E-state index contributed by atoms with van der Waals surface area (Å²) in [6.07, 6.45) is 3.27. The standard InChI is InChI=1S/C17H26N6/c1-5-19-16(22-17(2,3)4)20-10-14-7-6-8-15(9-14)11-23-13-18-12-21-23/h6-9,12-13H,5,10-11H2,1-4H3,(H2,19,20,22). The van der Waals surface area contributed by atoms with Gasteiger partial charge >= 0.3 is 0 Å². The summed E-state index contributed by atoms with van der Waals surface area (Å²) in [6, 6.07) is 8.40. The molecule has 0 saturated carbocycles. The molecule has 0 amide bonds. The van der Waals surface area contributed by atoms with Crippen molar-refractivity contribution in [2.75, 3.05) is 6.54 Å². The quantitative estimate of drug-likeness (QED) is 0.656. The highest BCUT2D eigenvalue weighted by atomic mass is 15.3. The molecule has 0 spiro atoms. The third-order valence-corrected chi connectivity index (χ3v) is 3.06. The highest BCUT2D eigenvalue weighted by molar-refractivity contribution is 5.80. The van der Waals surface area contributed by atoms with Crippen molar-refractivity contribution < 1.29 is 0 Å². The Bertz CT molecular complexity index is 625. The van der Waals surface area contributed by atoms with Crippen LogP contribution < -0.4 is 10.6 Å². The number of benzene rings is 1. The van der Waals surface area contributed by atoms with Gasteiger partial charge in [-0.1, -0.05) is 24.3 Å². The molecule has 1 aromatic heterocycles. The number of guanidine groups is 1. The highest BCUT2D eigenvalue weighted by Crippen LogP contribution is 2.08. The number of hydrogen-bond donors (Lipinski definition) is 2. The summed E-state index contributed by atoms with van der Waals surface area (Å²) in [6.45, 7) is 10.6. The van der Waals surface area contributed by atoms with Gasteiger partial charge in [0.15, 0.2) is 5.96 Å². The molecule has 2 N–H and O–H groups in total. The molecule has 0 aliphatic carbocycles. The van der Waals surface area contributed by atoms with E-state index in [2.05, 4.69) is 77.7 Å². The first-order valence-corrected chi connectivity index (χ1v) is 7.93. The van der Waals surface area contributed by atoms with E-state index in [1.165, 1.54) is 11.1 Å². The molecule has 2 aromatic rings. The van der Waals surface area contributed by atoms with Gasteiger partial charge in [-0.3, -0.25) is 0 Å². The van der Waals surface area contributed by atoms with Crippen LogP contribution in [0.1, 0.15) is 38.8 Å². The molecule has 0 aliphatic rings. The maximum atomic E-state index is 4.67. The van der Waals surface area contributed by atoms with E-state index in [1.54, 1.807) is 12.7 Å². The van der Waals surface area contributed by atoms with Crippen molar-refractivity contribution in [1.82, 2.24) is 25.4 Å². The zero-order chi connectivity index (χ0) is 16.7. The summed E-state index contributed by atoms with van der Waals surface area (Å²) in [7, 11) is 0. The van der Waals surface area contributed by atoms with Crippen molar-refractivity contribution in [1.29, 1.82) is 0 Å². The summed E-state index contributed by atoms with van der Waals surface area (Å²) >= 11 is 0. The van der Waals surface area contributed by atoms with Crippen molar-refractivity contribution in [2.24, 2.45) is 4.99 Å². The number of rotatable bonds is 5. The van der Waals surface area contributed by atoms with Gasteiger partial charge in [0, 0.05) is 12.1 Å². The summed E-state index contributed by atoms with van der Waals surface area (Å²) in [5.74, 6) is 0.835. The van der Waals surface area contributed by atoms with Crippen LogP contribution in [0, 0.1) is 0 Å². The third-order valence-electron chi connectivity index (χ3n) is 3.06. The fourth-order valence-corrected chi connectivity index (χ4v) is 2.16. The molecule has 0 radical (unpaired) electrons. The van der Waals surface area contributed by atoms with Gasteiger partial charge in [0.1, 0.15) is 12.7 Å². The molecule has 23 heavy (non-hydrogen) atoms. The average molecular weight is 314 g/mol. The summed E-state index contributed by atoms with van der Waals surface area (Å²) < 4.78 is 1.81. The van der Waals surface area contributed by atoms with E-state index in [1.807, 2.05) is 4.68 Å². The van der Waals surface area contributed by atoms with E-state index in [0.29, 0.717) is 6.54 Å². The van der Waals surface area contributed by atoms with Crippen LogP contribution in [-0.2, 0) is 13.1 Å². The average Bonchev–Trinajstić information content (AvgIpc) is 2.97. The molecule has 0 saturated heterocycles. The number of aliphatic imine (C=N–C) groups is 1. The third kappa shape index (κ3) is 6.10. The Kier molecular flexibility index (Phi) is 5.73. The number of nitrogens with one attached hydrogen (secondary N) is 2. The Morgan fingerprint density at radius 2 is 2.04 bits per heavy atom. The topological polar surface area (TPSA) is 67.1 Å². The van der Waals surface area contributed by atoms with Gasteiger partial charge in [0.25, 0.3) is 0 Å². The van der Waals surface area contributed by atoms with Gasteiger partial charge in [-0.25, -0.2) is 14.7 Å². The van der Waals surface area contributed by atoms with Crippen molar-refractivity contribution >= 4 is 5.96 Å². The second-order valence-electron chi connectivity index (χ2n) is 6.48. The number of nitrogens with zero attached hydrogens (tertiary/aromatic N) is 4. The van der Waals surface area contributed by atoms with E-state index in [9.17, 15) is 0 Å². The van der Waals surface area contributed by atoms with Crippen molar-refractivity contribution in [3.05, 3.63) is 48.0 Å². The second kappa shape index (κ2) is 7.76. The second-order valence-corrected chi connectivity index (χ2v) is 6.48. The molecule has 0 bridgehead atoms. The predicted octanol–water partition coefficient (Wildman–Crippen LogP) is 2.18. The SMILES string of the molecule is CCNC(=NCc1cccc(Cn2cncn2)c1)NC(C)(C)C. The fraction of sp³-hybridized carbons (Fsp3) is 0.471. The Balaban J connectivity index is 2.04. The van der Waals surface area contributed by atoms with Gasteiger partial charge in [-0.15, -0.1) is 0 Å². The minimum atomic E-state index is -0.0179. The Hall–Kier alpha value is -2.37. The van der Waals surface area contributed by atoms with Gasteiger partial charge in [0.2, 0.25) is 0 Å². The van der Waals surface area contributed by atoms with Gasteiger partial charge < -0.3 is 10.6 Å². The van der Waals surface area contributed by atoms with Crippen LogP contribution in [0.3, 0.4) is 0 Å². The van der Waals surface area contributed by atoms with E-state index < -0.39 is 0 Å².